The summed E-state index contributed by atoms with van der Waals surface area (Å²) in [6, 6.07) is 6.22. The van der Waals surface area contributed by atoms with Crippen LogP contribution in [0.15, 0.2) is 55.6 Å². The molecule has 1 amide bonds. The van der Waals surface area contributed by atoms with Crippen molar-refractivity contribution in [3.05, 3.63) is 61.2 Å². The number of hydrogen-bond acceptors (Lipinski definition) is 3. The van der Waals surface area contributed by atoms with E-state index in [1.807, 2.05) is 29.6 Å². The molecule has 1 fully saturated rings. The van der Waals surface area contributed by atoms with E-state index < -0.39 is 0 Å². The number of carbonyl (C=O) groups is 1. The molecule has 1 atom stereocenters. The van der Waals surface area contributed by atoms with Gasteiger partial charge >= 0.3 is 0 Å². The minimum atomic E-state index is 0.0350. The molecule has 1 N–H and O–H groups in total. The SMILES string of the molecule is C=CC(=O)N1CCC[C@@H](Cc2cnc3[nH]cc(-c4cccnc4)c3c2)C1. The third-order valence-electron chi connectivity index (χ3n) is 5.09. The smallest absolute Gasteiger partial charge is 0.245 e. The van der Waals surface area contributed by atoms with Crippen LogP contribution in [0.1, 0.15) is 18.4 Å². The van der Waals surface area contributed by atoms with Gasteiger partial charge in [0.25, 0.3) is 0 Å². The van der Waals surface area contributed by atoms with E-state index in [9.17, 15) is 4.79 Å². The molecule has 0 bridgehead atoms. The van der Waals surface area contributed by atoms with Crippen LogP contribution in [0.4, 0.5) is 0 Å². The summed E-state index contributed by atoms with van der Waals surface area (Å²) in [5.74, 6) is 0.500. The first kappa shape index (κ1) is 16.5. The number of nitrogens with one attached hydrogen (secondary N) is 1. The van der Waals surface area contributed by atoms with Gasteiger partial charge in [-0.05, 0) is 49.0 Å². The summed E-state index contributed by atoms with van der Waals surface area (Å²) in [5.41, 5.74) is 4.30. The monoisotopic (exact) mass is 346 g/mol. The van der Waals surface area contributed by atoms with Gasteiger partial charge in [-0.25, -0.2) is 4.98 Å². The summed E-state index contributed by atoms with van der Waals surface area (Å²) in [6.45, 7) is 5.23. The van der Waals surface area contributed by atoms with Crippen molar-refractivity contribution in [3.8, 4) is 11.1 Å². The van der Waals surface area contributed by atoms with Crippen molar-refractivity contribution in [1.82, 2.24) is 19.9 Å². The van der Waals surface area contributed by atoms with Gasteiger partial charge in [-0.3, -0.25) is 9.78 Å². The van der Waals surface area contributed by atoms with Crippen LogP contribution in [0.2, 0.25) is 0 Å². The first-order valence-corrected chi connectivity index (χ1v) is 9.02. The molecular formula is C21H22N4O. The van der Waals surface area contributed by atoms with Gasteiger partial charge in [0, 0.05) is 54.4 Å². The van der Waals surface area contributed by atoms with Gasteiger partial charge < -0.3 is 9.88 Å². The fourth-order valence-corrected chi connectivity index (χ4v) is 3.81. The van der Waals surface area contributed by atoms with E-state index in [0.29, 0.717) is 5.92 Å². The van der Waals surface area contributed by atoms with Gasteiger partial charge in [-0.1, -0.05) is 12.6 Å². The number of aromatic amines is 1. The van der Waals surface area contributed by atoms with Crippen molar-refractivity contribution in [1.29, 1.82) is 0 Å². The third kappa shape index (κ3) is 3.25. The average molecular weight is 346 g/mol. The molecular weight excluding hydrogens is 324 g/mol. The summed E-state index contributed by atoms with van der Waals surface area (Å²) >= 11 is 0. The molecule has 3 aromatic heterocycles. The van der Waals surface area contributed by atoms with E-state index in [1.54, 1.807) is 6.20 Å². The molecule has 0 aromatic carbocycles. The predicted octanol–water partition coefficient (Wildman–Crippen LogP) is 3.59. The van der Waals surface area contributed by atoms with Crippen LogP contribution in [0, 0.1) is 5.92 Å². The van der Waals surface area contributed by atoms with E-state index in [-0.39, 0.29) is 5.91 Å². The van der Waals surface area contributed by atoms with Crippen LogP contribution in [0.25, 0.3) is 22.2 Å². The Morgan fingerprint density at radius 2 is 2.35 bits per heavy atom. The highest BCUT2D eigenvalue weighted by atomic mass is 16.2. The first-order chi connectivity index (χ1) is 12.7. The van der Waals surface area contributed by atoms with Gasteiger partial charge in [0.15, 0.2) is 0 Å². The van der Waals surface area contributed by atoms with E-state index in [1.165, 1.54) is 11.6 Å². The number of likely N-dealkylation sites (tertiary alicyclic amines) is 1. The molecule has 0 unspecified atom stereocenters. The third-order valence-corrected chi connectivity index (χ3v) is 5.09. The summed E-state index contributed by atoms with van der Waals surface area (Å²) in [4.78, 5) is 25.9. The van der Waals surface area contributed by atoms with Crippen molar-refractivity contribution >= 4 is 16.9 Å². The number of nitrogens with zero attached hydrogens (tertiary/aromatic N) is 3. The maximum Gasteiger partial charge on any atom is 0.245 e. The fourth-order valence-electron chi connectivity index (χ4n) is 3.81. The molecule has 5 heteroatoms. The Morgan fingerprint density at radius 1 is 1.42 bits per heavy atom. The maximum absolute atomic E-state index is 11.9. The lowest BCUT2D eigenvalue weighted by Crippen LogP contribution is -2.39. The Labute approximate surface area is 152 Å². The molecule has 0 aliphatic carbocycles. The number of amides is 1. The molecule has 0 radical (unpaired) electrons. The minimum absolute atomic E-state index is 0.0350. The summed E-state index contributed by atoms with van der Waals surface area (Å²) in [6.07, 6.45) is 12.1. The van der Waals surface area contributed by atoms with Crippen LogP contribution < -0.4 is 0 Å². The fraction of sp³-hybridized carbons (Fsp3) is 0.286. The van der Waals surface area contributed by atoms with Crippen LogP contribution in [-0.2, 0) is 11.2 Å². The highest BCUT2D eigenvalue weighted by Crippen LogP contribution is 2.29. The lowest BCUT2D eigenvalue weighted by molar-refractivity contribution is -0.127. The number of pyridine rings is 2. The van der Waals surface area contributed by atoms with E-state index >= 15 is 0 Å². The molecule has 4 heterocycles. The topological polar surface area (TPSA) is 61.9 Å². The van der Waals surface area contributed by atoms with Crippen molar-refractivity contribution < 1.29 is 4.79 Å². The van der Waals surface area contributed by atoms with Crippen molar-refractivity contribution in [2.24, 2.45) is 5.92 Å². The van der Waals surface area contributed by atoms with Crippen LogP contribution in [0.5, 0.6) is 0 Å². The van der Waals surface area contributed by atoms with Gasteiger partial charge in [0.05, 0.1) is 0 Å². The molecule has 26 heavy (non-hydrogen) atoms. The number of piperidine rings is 1. The number of rotatable bonds is 4. The van der Waals surface area contributed by atoms with Gasteiger partial charge in [-0.15, -0.1) is 0 Å². The summed E-state index contributed by atoms with van der Waals surface area (Å²) in [5, 5.41) is 1.12. The molecule has 4 rings (SSSR count). The normalized spacial score (nSPS) is 17.4. The molecule has 1 saturated heterocycles. The van der Waals surface area contributed by atoms with Gasteiger partial charge in [0.2, 0.25) is 5.91 Å². The lowest BCUT2D eigenvalue weighted by Gasteiger charge is -2.32. The quantitative estimate of drug-likeness (QED) is 0.734. The molecule has 3 aromatic rings. The molecule has 5 nitrogen and oxygen atoms in total. The van der Waals surface area contributed by atoms with Crippen molar-refractivity contribution in [2.75, 3.05) is 13.1 Å². The molecule has 0 spiro atoms. The maximum atomic E-state index is 11.9. The van der Waals surface area contributed by atoms with Crippen LogP contribution >= 0.6 is 0 Å². The largest absolute Gasteiger partial charge is 0.346 e. The van der Waals surface area contributed by atoms with E-state index in [4.69, 9.17) is 0 Å². The summed E-state index contributed by atoms with van der Waals surface area (Å²) < 4.78 is 0. The second-order valence-electron chi connectivity index (χ2n) is 6.88. The van der Waals surface area contributed by atoms with Crippen molar-refractivity contribution in [3.63, 3.8) is 0 Å². The Hall–Kier alpha value is -2.95. The molecule has 0 saturated carbocycles. The standard InChI is InChI=1S/C21H22N4O/c1-2-20(26)25-8-4-5-15(14-25)9-16-10-18-19(13-24-21(18)23-11-16)17-6-3-7-22-12-17/h2-3,6-7,10-13,15H,1,4-5,8-9,14H2,(H,23,24)/t15-/m0/s1. The highest BCUT2D eigenvalue weighted by Gasteiger charge is 2.22. The summed E-state index contributed by atoms with van der Waals surface area (Å²) in [7, 11) is 0. The van der Waals surface area contributed by atoms with Crippen LogP contribution in [-0.4, -0.2) is 38.8 Å². The zero-order valence-corrected chi connectivity index (χ0v) is 14.7. The number of carbonyl (C=O) groups excluding carboxylic acids is 1. The molecule has 1 aliphatic rings. The van der Waals surface area contributed by atoms with Crippen molar-refractivity contribution in [2.45, 2.75) is 19.3 Å². The Balaban J connectivity index is 1.58. The Kier molecular flexibility index (Phi) is 4.52. The highest BCUT2D eigenvalue weighted by molar-refractivity contribution is 5.93. The lowest BCUT2D eigenvalue weighted by atomic mass is 9.91. The average Bonchev–Trinajstić information content (AvgIpc) is 3.11. The van der Waals surface area contributed by atoms with Gasteiger partial charge in [-0.2, -0.15) is 0 Å². The van der Waals surface area contributed by atoms with Crippen LogP contribution in [0.3, 0.4) is 0 Å². The Morgan fingerprint density at radius 3 is 3.15 bits per heavy atom. The zero-order chi connectivity index (χ0) is 17.9. The molecule has 132 valence electrons. The second kappa shape index (κ2) is 7.12. The Bertz CT molecular complexity index is 932. The van der Waals surface area contributed by atoms with E-state index in [2.05, 4.69) is 33.7 Å². The first-order valence-electron chi connectivity index (χ1n) is 9.02. The number of fused-ring (bicyclic) bond motifs is 1. The number of aromatic nitrogens is 3. The predicted molar refractivity (Wildman–Crippen MR) is 103 cm³/mol. The van der Waals surface area contributed by atoms with E-state index in [0.717, 1.165) is 54.5 Å². The zero-order valence-electron chi connectivity index (χ0n) is 14.7. The molecule has 1 aliphatic heterocycles. The number of hydrogen-bond donors (Lipinski definition) is 1. The minimum Gasteiger partial charge on any atom is -0.346 e. The van der Waals surface area contributed by atoms with Gasteiger partial charge in [0.1, 0.15) is 5.65 Å². The number of H-pyrrole nitrogens is 1. The second-order valence-corrected chi connectivity index (χ2v) is 6.88.